The Balaban J connectivity index is 1.92. The Morgan fingerprint density at radius 1 is 1.57 bits per heavy atom. The van der Waals surface area contributed by atoms with Crippen molar-refractivity contribution in [3.63, 3.8) is 0 Å². The summed E-state index contributed by atoms with van der Waals surface area (Å²) in [5, 5.41) is 11.8. The van der Waals surface area contributed by atoms with Crippen molar-refractivity contribution in [2.75, 3.05) is 20.3 Å². The number of hydrogen-bond acceptors (Lipinski definition) is 4. The van der Waals surface area contributed by atoms with Crippen molar-refractivity contribution in [3.8, 4) is 0 Å². The predicted octanol–water partition coefficient (Wildman–Crippen LogP) is 0.226. The summed E-state index contributed by atoms with van der Waals surface area (Å²) in [5.41, 5.74) is 0.663. The van der Waals surface area contributed by atoms with Gasteiger partial charge in [-0.3, -0.25) is 0 Å². The Kier molecular flexibility index (Phi) is 5.15. The summed E-state index contributed by atoms with van der Waals surface area (Å²) in [5.74, 6) is -1.07. The largest absolute Gasteiger partial charge is 0.480 e. The Hall–Kier alpha value is -2.09. The number of aliphatic carboxylic acids is 1. The number of ether oxygens (including phenoxy) is 1. The second-order valence-electron chi connectivity index (χ2n) is 5.08. The van der Waals surface area contributed by atoms with Crippen LogP contribution in [0.4, 0.5) is 4.79 Å². The number of urea groups is 1. The van der Waals surface area contributed by atoms with E-state index < -0.39 is 12.0 Å². The summed E-state index contributed by atoms with van der Waals surface area (Å²) in [4.78, 5) is 31.7. The molecule has 0 aromatic carbocycles. The van der Waals surface area contributed by atoms with Crippen molar-refractivity contribution >= 4 is 12.0 Å². The van der Waals surface area contributed by atoms with E-state index in [2.05, 4.69) is 15.3 Å². The molecule has 1 atom stereocenters. The smallest absolute Gasteiger partial charge is 0.326 e. The number of nitrogens with zero attached hydrogens (tertiary/aromatic N) is 2. The first-order chi connectivity index (χ1) is 10.1. The molecule has 8 heteroatoms. The maximum Gasteiger partial charge on any atom is 0.326 e. The summed E-state index contributed by atoms with van der Waals surface area (Å²) in [7, 11) is 1.68. The number of rotatable bonds is 5. The van der Waals surface area contributed by atoms with Gasteiger partial charge in [-0.15, -0.1) is 0 Å². The van der Waals surface area contributed by atoms with Gasteiger partial charge in [-0.1, -0.05) is 0 Å². The number of imidazole rings is 1. The molecule has 0 bridgehead atoms. The van der Waals surface area contributed by atoms with Gasteiger partial charge in [-0.2, -0.15) is 0 Å². The molecule has 0 aliphatic carbocycles. The lowest BCUT2D eigenvalue weighted by Gasteiger charge is -2.32. The highest BCUT2D eigenvalue weighted by Gasteiger charge is 2.27. The predicted molar refractivity (Wildman–Crippen MR) is 73.9 cm³/mol. The van der Waals surface area contributed by atoms with E-state index in [1.807, 2.05) is 0 Å². The highest BCUT2D eigenvalue weighted by atomic mass is 16.5. The molecular weight excluding hydrogens is 276 g/mol. The second-order valence-corrected chi connectivity index (χ2v) is 5.08. The van der Waals surface area contributed by atoms with E-state index in [1.165, 1.54) is 6.33 Å². The number of carbonyl (C=O) groups excluding carboxylic acids is 1. The Morgan fingerprint density at radius 2 is 2.29 bits per heavy atom. The van der Waals surface area contributed by atoms with Gasteiger partial charge in [0.15, 0.2) is 0 Å². The van der Waals surface area contributed by atoms with Gasteiger partial charge in [0, 0.05) is 44.6 Å². The molecular formula is C13H20N4O4. The maximum absolute atomic E-state index is 12.2. The van der Waals surface area contributed by atoms with Crippen LogP contribution in [0.3, 0.4) is 0 Å². The number of amides is 2. The molecule has 21 heavy (non-hydrogen) atoms. The van der Waals surface area contributed by atoms with Crippen molar-refractivity contribution in [2.45, 2.75) is 31.3 Å². The van der Waals surface area contributed by atoms with Crippen LogP contribution >= 0.6 is 0 Å². The third-order valence-corrected chi connectivity index (χ3v) is 3.63. The van der Waals surface area contributed by atoms with E-state index in [0.717, 1.165) is 12.8 Å². The van der Waals surface area contributed by atoms with E-state index in [1.54, 1.807) is 18.1 Å². The molecule has 2 amide bonds. The Labute approximate surface area is 122 Å². The Morgan fingerprint density at radius 3 is 2.86 bits per heavy atom. The summed E-state index contributed by atoms with van der Waals surface area (Å²) in [6, 6.07) is -1.28. The molecule has 116 valence electrons. The zero-order valence-electron chi connectivity index (χ0n) is 11.9. The summed E-state index contributed by atoms with van der Waals surface area (Å²) in [6.45, 7) is 1.25. The molecule has 3 N–H and O–H groups in total. The van der Waals surface area contributed by atoms with E-state index in [9.17, 15) is 14.7 Å². The van der Waals surface area contributed by atoms with Crippen molar-refractivity contribution in [1.82, 2.24) is 20.2 Å². The fourth-order valence-corrected chi connectivity index (χ4v) is 2.31. The van der Waals surface area contributed by atoms with Crippen LogP contribution in [0.5, 0.6) is 0 Å². The number of carbonyl (C=O) groups is 2. The van der Waals surface area contributed by atoms with Crippen molar-refractivity contribution in [1.29, 1.82) is 0 Å². The number of aromatic amines is 1. The number of aromatic nitrogens is 2. The lowest BCUT2D eigenvalue weighted by molar-refractivity contribution is -0.139. The van der Waals surface area contributed by atoms with Crippen LogP contribution in [0.1, 0.15) is 18.5 Å². The number of nitrogens with one attached hydrogen (secondary N) is 2. The van der Waals surface area contributed by atoms with Crippen LogP contribution in [0.15, 0.2) is 12.5 Å². The number of carboxylic acids is 1. The van der Waals surface area contributed by atoms with E-state index in [4.69, 9.17) is 4.74 Å². The van der Waals surface area contributed by atoms with Gasteiger partial charge in [0.2, 0.25) is 0 Å². The number of carboxylic acid groups (broad SMARTS) is 1. The van der Waals surface area contributed by atoms with Crippen LogP contribution in [0.25, 0.3) is 0 Å². The molecule has 1 fully saturated rings. The highest BCUT2D eigenvalue weighted by Crippen LogP contribution is 2.13. The highest BCUT2D eigenvalue weighted by molar-refractivity contribution is 5.82. The average molecular weight is 296 g/mol. The van der Waals surface area contributed by atoms with Gasteiger partial charge < -0.3 is 25.0 Å². The van der Waals surface area contributed by atoms with Gasteiger partial charge in [0.1, 0.15) is 6.04 Å². The normalized spacial score (nSPS) is 17.2. The molecule has 1 aliphatic heterocycles. The standard InChI is InChI=1S/C13H20N4O4/c1-17(10-2-4-21-5-3-10)13(20)16-11(12(18)19)6-9-7-14-8-15-9/h7-8,10-11H,2-6H2,1H3,(H,14,15)(H,16,20)(H,18,19)/t11-/m0/s1. The molecule has 8 nitrogen and oxygen atoms in total. The molecule has 1 aromatic rings. The fourth-order valence-electron chi connectivity index (χ4n) is 2.31. The van der Waals surface area contributed by atoms with Gasteiger partial charge in [0.05, 0.1) is 6.33 Å². The lowest BCUT2D eigenvalue weighted by atomic mass is 10.1. The first kappa shape index (κ1) is 15.3. The van der Waals surface area contributed by atoms with Gasteiger partial charge in [-0.25, -0.2) is 14.6 Å². The molecule has 1 aromatic heterocycles. The zero-order chi connectivity index (χ0) is 15.2. The lowest BCUT2D eigenvalue weighted by Crippen LogP contribution is -2.51. The van der Waals surface area contributed by atoms with Crippen LogP contribution in [-0.4, -0.2) is 64.3 Å². The van der Waals surface area contributed by atoms with Gasteiger partial charge in [-0.05, 0) is 12.8 Å². The third-order valence-electron chi connectivity index (χ3n) is 3.63. The average Bonchev–Trinajstić information content (AvgIpc) is 2.99. The molecule has 1 saturated heterocycles. The van der Waals surface area contributed by atoms with E-state index in [0.29, 0.717) is 18.9 Å². The minimum absolute atomic E-state index is 0.0837. The second kappa shape index (κ2) is 7.07. The summed E-state index contributed by atoms with van der Waals surface area (Å²) >= 11 is 0. The molecule has 0 radical (unpaired) electrons. The van der Waals surface area contributed by atoms with Crippen molar-refractivity contribution in [2.24, 2.45) is 0 Å². The minimum atomic E-state index is -1.07. The van der Waals surface area contributed by atoms with E-state index in [-0.39, 0.29) is 18.5 Å². The number of hydrogen-bond donors (Lipinski definition) is 3. The van der Waals surface area contributed by atoms with E-state index >= 15 is 0 Å². The SMILES string of the molecule is CN(C(=O)N[C@@H](Cc1cnc[nH]1)C(=O)O)C1CCOCC1. The molecule has 2 rings (SSSR count). The molecule has 2 heterocycles. The van der Waals surface area contributed by atoms with Crippen LogP contribution in [-0.2, 0) is 16.0 Å². The maximum atomic E-state index is 12.2. The first-order valence-electron chi connectivity index (χ1n) is 6.89. The van der Waals surface area contributed by atoms with Crippen LogP contribution in [0, 0.1) is 0 Å². The van der Waals surface area contributed by atoms with Crippen LogP contribution < -0.4 is 5.32 Å². The summed E-state index contributed by atoms with van der Waals surface area (Å²) in [6.07, 6.45) is 4.72. The molecule has 1 aliphatic rings. The van der Waals surface area contributed by atoms with Crippen LogP contribution in [0.2, 0.25) is 0 Å². The molecule has 0 unspecified atom stereocenters. The van der Waals surface area contributed by atoms with Gasteiger partial charge in [0.25, 0.3) is 0 Å². The Bertz CT molecular complexity index is 471. The minimum Gasteiger partial charge on any atom is -0.480 e. The quantitative estimate of drug-likeness (QED) is 0.720. The molecule has 0 spiro atoms. The van der Waals surface area contributed by atoms with Crippen molar-refractivity contribution in [3.05, 3.63) is 18.2 Å². The summed E-state index contributed by atoms with van der Waals surface area (Å²) < 4.78 is 5.26. The van der Waals surface area contributed by atoms with Crippen molar-refractivity contribution < 1.29 is 19.4 Å². The molecule has 0 saturated carbocycles. The fraction of sp³-hybridized carbons (Fsp3) is 0.615. The number of H-pyrrole nitrogens is 1. The monoisotopic (exact) mass is 296 g/mol. The first-order valence-corrected chi connectivity index (χ1v) is 6.89. The topological polar surface area (TPSA) is 108 Å². The van der Waals surface area contributed by atoms with Gasteiger partial charge >= 0.3 is 12.0 Å². The zero-order valence-corrected chi connectivity index (χ0v) is 11.9. The third kappa shape index (κ3) is 4.19.